The first kappa shape index (κ1) is 16.7. The molecule has 2 N–H and O–H groups in total. The molecule has 0 aliphatic carbocycles. The normalized spacial score (nSPS) is 12.4. The number of amides is 2. The molecule has 106 valence electrons. The highest BCUT2D eigenvalue weighted by atomic mass is 16.4. The SMILES string of the molecule is CC(C)C(C)(C)CNC(=O)N(C)C(C)(C)C(=O)O. The van der Waals surface area contributed by atoms with Crippen LogP contribution in [0.15, 0.2) is 0 Å². The Hall–Kier alpha value is -1.26. The average molecular weight is 258 g/mol. The maximum atomic E-state index is 11.9. The van der Waals surface area contributed by atoms with Gasteiger partial charge in [0.2, 0.25) is 0 Å². The van der Waals surface area contributed by atoms with E-state index in [1.807, 2.05) is 0 Å². The lowest BCUT2D eigenvalue weighted by atomic mass is 9.81. The highest BCUT2D eigenvalue weighted by Crippen LogP contribution is 2.24. The van der Waals surface area contributed by atoms with Crippen LogP contribution < -0.4 is 5.32 Å². The van der Waals surface area contributed by atoms with Crippen LogP contribution in [0.4, 0.5) is 4.79 Å². The second-order valence-electron chi connectivity index (χ2n) is 6.23. The van der Waals surface area contributed by atoms with E-state index >= 15 is 0 Å². The number of aliphatic carboxylic acids is 1. The lowest BCUT2D eigenvalue weighted by molar-refractivity contribution is -0.146. The third-order valence-corrected chi connectivity index (χ3v) is 3.92. The Labute approximate surface area is 110 Å². The summed E-state index contributed by atoms with van der Waals surface area (Å²) in [5.74, 6) is -0.598. The summed E-state index contributed by atoms with van der Waals surface area (Å²) in [4.78, 5) is 24.2. The lowest BCUT2D eigenvalue weighted by Crippen LogP contribution is -2.55. The molecule has 0 fully saturated rings. The number of carbonyl (C=O) groups is 2. The molecular weight excluding hydrogens is 232 g/mol. The van der Waals surface area contributed by atoms with Crippen LogP contribution in [0.3, 0.4) is 0 Å². The Morgan fingerprint density at radius 1 is 1.22 bits per heavy atom. The van der Waals surface area contributed by atoms with Crippen molar-refractivity contribution >= 4 is 12.0 Å². The minimum atomic E-state index is -1.22. The Morgan fingerprint density at radius 3 is 2.00 bits per heavy atom. The predicted octanol–water partition coefficient (Wildman–Crippen LogP) is 2.17. The van der Waals surface area contributed by atoms with Gasteiger partial charge in [-0.1, -0.05) is 27.7 Å². The monoisotopic (exact) mass is 258 g/mol. The van der Waals surface area contributed by atoms with Crippen molar-refractivity contribution < 1.29 is 14.7 Å². The summed E-state index contributed by atoms with van der Waals surface area (Å²) in [5, 5.41) is 11.8. The summed E-state index contributed by atoms with van der Waals surface area (Å²) in [6.45, 7) is 11.9. The van der Waals surface area contributed by atoms with Gasteiger partial charge in [0.1, 0.15) is 5.54 Å². The van der Waals surface area contributed by atoms with Gasteiger partial charge < -0.3 is 15.3 Å². The van der Waals surface area contributed by atoms with E-state index in [0.29, 0.717) is 12.5 Å². The van der Waals surface area contributed by atoms with Gasteiger partial charge >= 0.3 is 12.0 Å². The van der Waals surface area contributed by atoms with E-state index in [0.717, 1.165) is 0 Å². The zero-order chi connectivity index (χ0) is 14.7. The fraction of sp³-hybridized carbons (Fsp3) is 0.846. The van der Waals surface area contributed by atoms with E-state index in [4.69, 9.17) is 5.11 Å². The van der Waals surface area contributed by atoms with Crippen LogP contribution in [0.5, 0.6) is 0 Å². The second kappa shape index (κ2) is 5.59. The number of carboxylic acids is 1. The van der Waals surface area contributed by atoms with Crippen LogP contribution in [0, 0.1) is 11.3 Å². The minimum absolute atomic E-state index is 0.0239. The van der Waals surface area contributed by atoms with Gasteiger partial charge in [0.25, 0.3) is 0 Å². The Morgan fingerprint density at radius 2 is 1.67 bits per heavy atom. The standard InChI is InChI=1S/C13H26N2O3/c1-9(2)12(3,4)8-14-11(18)15(7)13(5,6)10(16)17/h9H,8H2,1-7H3,(H,14,18)(H,16,17). The molecule has 0 aromatic carbocycles. The molecule has 0 aliphatic rings. The van der Waals surface area contributed by atoms with Crippen molar-refractivity contribution in [3.05, 3.63) is 0 Å². The van der Waals surface area contributed by atoms with E-state index in [-0.39, 0.29) is 11.4 Å². The van der Waals surface area contributed by atoms with Gasteiger partial charge in [-0.2, -0.15) is 0 Å². The molecule has 0 bridgehead atoms. The van der Waals surface area contributed by atoms with Gasteiger partial charge in [0, 0.05) is 13.6 Å². The summed E-state index contributed by atoms with van der Waals surface area (Å²) in [7, 11) is 1.49. The maximum absolute atomic E-state index is 11.9. The smallest absolute Gasteiger partial charge is 0.329 e. The molecule has 0 atom stereocenters. The molecular formula is C13H26N2O3. The van der Waals surface area contributed by atoms with E-state index in [9.17, 15) is 9.59 Å². The summed E-state index contributed by atoms with van der Waals surface area (Å²) in [6, 6.07) is -0.365. The first-order chi connectivity index (χ1) is 7.93. The number of nitrogens with zero attached hydrogens (tertiary/aromatic N) is 1. The van der Waals surface area contributed by atoms with E-state index in [1.54, 1.807) is 0 Å². The van der Waals surface area contributed by atoms with Crippen LogP contribution in [-0.2, 0) is 4.79 Å². The number of nitrogens with one attached hydrogen (secondary N) is 1. The molecule has 0 rings (SSSR count). The fourth-order valence-electron chi connectivity index (χ4n) is 1.02. The Kier molecular flexibility index (Phi) is 5.20. The number of rotatable bonds is 5. The van der Waals surface area contributed by atoms with Crippen LogP contribution >= 0.6 is 0 Å². The highest BCUT2D eigenvalue weighted by molar-refractivity contribution is 5.85. The first-order valence-electron chi connectivity index (χ1n) is 6.18. The Balaban J connectivity index is 4.57. The number of carbonyl (C=O) groups excluding carboxylic acids is 1. The molecule has 0 aliphatic heterocycles. The molecule has 0 aromatic heterocycles. The van der Waals surface area contributed by atoms with Crippen molar-refractivity contribution in [1.82, 2.24) is 10.2 Å². The molecule has 0 heterocycles. The highest BCUT2D eigenvalue weighted by Gasteiger charge is 2.35. The molecule has 5 heteroatoms. The molecule has 18 heavy (non-hydrogen) atoms. The minimum Gasteiger partial charge on any atom is -0.480 e. The van der Waals surface area contributed by atoms with Crippen LogP contribution in [0.1, 0.15) is 41.5 Å². The summed E-state index contributed by atoms with van der Waals surface area (Å²) < 4.78 is 0. The van der Waals surface area contributed by atoms with Crippen LogP contribution in [0.25, 0.3) is 0 Å². The fourth-order valence-corrected chi connectivity index (χ4v) is 1.02. The van der Waals surface area contributed by atoms with Crippen molar-refractivity contribution in [2.75, 3.05) is 13.6 Å². The van der Waals surface area contributed by atoms with E-state index < -0.39 is 11.5 Å². The van der Waals surface area contributed by atoms with Gasteiger partial charge in [-0.15, -0.1) is 0 Å². The first-order valence-corrected chi connectivity index (χ1v) is 6.18. The van der Waals surface area contributed by atoms with Crippen molar-refractivity contribution in [1.29, 1.82) is 0 Å². The topological polar surface area (TPSA) is 69.6 Å². The van der Waals surface area contributed by atoms with Crippen molar-refractivity contribution in [3.8, 4) is 0 Å². The van der Waals surface area contributed by atoms with Gasteiger partial charge in [0.05, 0.1) is 0 Å². The Bertz CT molecular complexity index is 322. The zero-order valence-corrected chi connectivity index (χ0v) is 12.5. The molecule has 0 aromatic rings. The molecule has 0 saturated heterocycles. The van der Waals surface area contributed by atoms with Crippen LogP contribution in [-0.4, -0.2) is 41.1 Å². The second-order valence-corrected chi connectivity index (χ2v) is 6.23. The molecule has 2 amide bonds. The average Bonchev–Trinajstić information content (AvgIpc) is 2.24. The van der Waals surface area contributed by atoms with Crippen LogP contribution in [0.2, 0.25) is 0 Å². The zero-order valence-electron chi connectivity index (χ0n) is 12.5. The van der Waals surface area contributed by atoms with Gasteiger partial charge in [0.15, 0.2) is 0 Å². The van der Waals surface area contributed by atoms with E-state index in [1.165, 1.54) is 25.8 Å². The predicted molar refractivity (Wildman–Crippen MR) is 71.5 cm³/mol. The molecule has 0 radical (unpaired) electrons. The largest absolute Gasteiger partial charge is 0.480 e. The van der Waals surface area contributed by atoms with Gasteiger partial charge in [-0.25, -0.2) is 9.59 Å². The maximum Gasteiger partial charge on any atom is 0.329 e. The van der Waals surface area contributed by atoms with Gasteiger partial charge in [-0.3, -0.25) is 0 Å². The van der Waals surface area contributed by atoms with Crippen molar-refractivity contribution in [3.63, 3.8) is 0 Å². The van der Waals surface area contributed by atoms with Crippen molar-refractivity contribution in [2.24, 2.45) is 11.3 Å². The third kappa shape index (κ3) is 3.89. The summed E-state index contributed by atoms with van der Waals surface area (Å²) >= 11 is 0. The number of carboxylic acid groups (broad SMARTS) is 1. The number of hydrogen-bond donors (Lipinski definition) is 2. The van der Waals surface area contributed by atoms with Gasteiger partial charge in [-0.05, 0) is 25.2 Å². The summed E-state index contributed by atoms with van der Waals surface area (Å²) in [5.41, 5.74) is -1.24. The molecule has 0 saturated carbocycles. The molecule has 0 unspecified atom stereocenters. The molecule has 5 nitrogen and oxygen atoms in total. The number of likely N-dealkylation sites (N-methyl/N-ethyl adjacent to an activating group) is 1. The summed E-state index contributed by atoms with van der Waals surface area (Å²) in [6.07, 6.45) is 0. The quantitative estimate of drug-likeness (QED) is 0.794. The van der Waals surface area contributed by atoms with E-state index in [2.05, 4.69) is 33.0 Å². The molecule has 0 spiro atoms. The number of urea groups is 1. The lowest BCUT2D eigenvalue weighted by Gasteiger charge is -2.34. The van der Waals surface area contributed by atoms with Crippen molar-refractivity contribution in [2.45, 2.75) is 47.1 Å². The third-order valence-electron chi connectivity index (χ3n) is 3.92. The number of hydrogen-bond acceptors (Lipinski definition) is 2.